The van der Waals surface area contributed by atoms with Crippen LogP contribution >= 0.6 is 0 Å². The van der Waals surface area contributed by atoms with Gasteiger partial charge in [-0.1, -0.05) is 0 Å². The van der Waals surface area contributed by atoms with Crippen LogP contribution in [0.2, 0.25) is 0 Å². The first kappa shape index (κ1) is 19.8. The second kappa shape index (κ2) is 8.24. The molecule has 0 N–H and O–H groups in total. The van der Waals surface area contributed by atoms with E-state index in [1.165, 1.54) is 43.6 Å². The topological polar surface area (TPSA) is 89.3 Å². The average Bonchev–Trinajstić information content (AvgIpc) is 3.13. The minimum Gasteiger partial charge on any atom is -0.493 e. The van der Waals surface area contributed by atoms with Crippen LogP contribution in [0.15, 0.2) is 45.9 Å². The Morgan fingerprint density at radius 2 is 1.81 bits per heavy atom. The van der Waals surface area contributed by atoms with Crippen molar-refractivity contribution in [2.45, 2.75) is 11.4 Å². The number of carbonyl (C=O) groups is 1. The first-order valence-electron chi connectivity index (χ1n) is 7.74. The molecular weight excluding hydrogens is 360 g/mol. The van der Waals surface area contributed by atoms with Crippen molar-refractivity contribution in [2.75, 3.05) is 34.9 Å². The van der Waals surface area contributed by atoms with E-state index in [2.05, 4.69) is 0 Å². The number of hydrogen-bond acceptors (Lipinski definition) is 6. The summed E-state index contributed by atoms with van der Waals surface area (Å²) in [5.74, 6) is 0.778. The van der Waals surface area contributed by atoms with Crippen molar-refractivity contribution in [1.82, 2.24) is 9.21 Å². The standard InChI is InChI=1S/C17H22N2O6S/c1-18(2)17(20)12-19(11-13-6-5-9-25-13)26(21,22)14-7-8-15(23-3)16(10-14)24-4/h5-10H,11-12H2,1-4H3. The van der Waals surface area contributed by atoms with E-state index < -0.39 is 10.0 Å². The van der Waals surface area contributed by atoms with Crippen LogP contribution < -0.4 is 9.47 Å². The smallest absolute Gasteiger partial charge is 0.244 e. The number of benzene rings is 1. The second-order valence-electron chi connectivity index (χ2n) is 5.66. The highest BCUT2D eigenvalue weighted by molar-refractivity contribution is 7.89. The van der Waals surface area contributed by atoms with E-state index in [4.69, 9.17) is 13.9 Å². The van der Waals surface area contributed by atoms with Gasteiger partial charge in [0.25, 0.3) is 0 Å². The van der Waals surface area contributed by atoms with Gasteiger partial charge in [0.05, 0.1) is 38.5 Å². The molecule has 0 saturated heterocycles. The molecule has 1 heterocycles. The maximum atomic E-state index is 13.1. The van der Waals surface area contributed by atoms with E-state index in [0.29, 0.717) is 11.5 Å². The monoisotopic (exact) mass is 382 g/mol. The zero-order chi connectivity index (χ0) is 19.3. The first-order chi connectivity index (χ1) is 12.3. The van der Waals surface area contributed by atoms with Gasteiger partial charge in [0.15, 0.2) is 11.5 Å². The molecule has 2 aromatic rings. The van der Waals surface area contributed by atoms with Gasteiger partial charge in [-0.15, -0.1) is 0 Å². The van der Waals surface area contributed by atoms with Crippen LogP contribution in [0.4, 0.5) is 0 Å². The number of likely N-dealkylation sites (N-methyl/N-ethyl adjacent to an activating group) is 1. The minimum atomic E-state index is -3.97. The summed E-state index contributed by atoms with van der Waals surface area (Å²) < 4.78 is 42.8. The average molecular weight is 382 g/mol. The largest absolute Gasteiger partial charge is 0.493 e. The molecule has 1 aromatic carbocycles. The molecule has 0 atom stereocenters. The van der Waals surface area contributed by atoms with Crippen LogP contribution in [0.3, 0.4) is 0 Å². The zero-order valence-electron chi connectivity index (χ0n) is 15.1. The van der Waals surface area contributed by atoms with Crippen LogP contribution in [0, 0.1) is 0 Å². The van der Waals surface area contributed by atoms with E-state index in [-0.39, 0.29) is 29.6 Å². The van der Waals surface area contributed by atoms with Gasteiger partial charge in [0.2, 0.25) is 15.9 Å². The molecule has 1 aromatic heterocycles. The van der Waals surface area contributed by atoms with Gasteiger partial charge >= 0.3 is 0 Å². The summed E-state index contributed by atoms with van der Waals surface area (Å²) in [7, 11) is 2.04. The highest BCUT2D eigenvalue weighted by Crippen LogP contribution is 2.31. The Hall–Kier alpha value is -2.52. The number of hydrogen-bond donors (Lipinski definition) is 0. The summed E-state index contributed by atoms with van der Waals surface area (Å²) in [6, 6.07) is 7.58. The first-order valence-corrected chi connectivity index (χ1v) is 9.18. The number of carbonyl (C=O) groups excluding carboxylic acids is 1. The number of methoxy groups -OCH3 is 2. The molecule has 142 valence electrons. The molecular formula is C17H22N2O6S. The predicted molar refractivity (Wildman–Crippen MR) is 94.5 cm³/mol. The third-order valence-electron chi connectivity index (χ3n) is 3.72. The lowest BCUT2D eigenvalue weighted by molar-refractivity contribution is -0.129. The van der Waals surface area contributed by atoms with Crippen LogP contribution in [0.5, 0.6) is 11.5 Å². The third-order valence-corrected chi connectivity index (χ3v) is 5.50. The van der Waals surface area contributed by atoms with Crippen molar-refractivity contribution >= 4 is 15.9 Å². The van der Waals surface area contributed by atoms with Gasteiger partial charge in [-0.05, 0) is 24.3 Å². The van der Waals surface area contributed by atoms with Crippen molar-refractivity contribution in [1.29, 1.82) is 0 Å². The molecule has 0 radical (unpaired) electrons. The molecule has 0 fully saturated rings. The lowest BCUT2D eigenvalue weighted by Gasteiger charge is -2.23. The summed E-state index contributed by atoms with van der Waals surface area (Å²) in [4.78, 5) is 13.5. The van der Waals surface area contributed by atoms with Crippen LogP contribution in [-0.2, 0) is 21.4 Å². The van der Waals surface area contributed by atoms with Crippen molar-refractivity contribution in [3.8, 4) is 11.5 Å². The van der Waals surface area contributed by atoms with E-state index in [1.807, 2.05) is 0 Å². The lowest BCUT2D eigenvalue weighted by Crippen LogP contribution is -2.39. The molecule has 2 rings (SSSR count). The summed E-state index contributed by atoms with van der Waals surface area (Å²) >= 11 is 0. The van der Waals surface area contributed by atoms with Gasteiger partial charge in [0.1, 0.15) is 5.76 Å². The maximum absolute atomic E-state index is 13.1. The van der Waals surface area contributed by atoms with Gasteiger partial charge in [-0.3, -0.25) is 4.79 Å². The normalized spacial score (nSPS) is 11.4. The van der Waals surface area contributed by atoms with Crippen LogP contribution in [-0.4, -0.2) is 58.4 Å². The summed E-state index contributed by atoms with van der Waals surface area (Å²) in [6.45, 7) is -0.381. The Morgan fingerprint density at radius 1 is 1.12 bits per heavy atom. The number of ether oxygens (including phenoxy) is 2. The summed E-state index contributed by atoms with van der Waals surface area (Å²) in [5, 5.41) is 0. The summed E-state index contributed by atoms with van der Waals surface area (Å²) in [5.41, 5.74) is 0. The Kier molecular flexibility index (Phi) is 6.27. The number of furan rings is 1. The van der Waals surface area contributed by atoms with Crippen molar-refractivity contribution in [3.05, 3.63) is 42.4 Å². The van der Waals surface area contributed by atoms with E-state index in [1.54, 1.807) is 26.2 Å². The molecule has 0 saturated carbocycles. The van der Waals surface area contributed by atoms with Gasteiger partial charge in [-0.2, -0.15) is 4.31 Å². The summed E-state index contributed by atoms with van der Waals surface area (Å²) in [6.07, 6.45) is 1.45. The number of nitrogens with zero attached hydrogens (tertiary/aromatic N) is 2. The molecule has 0 bridgehead atoms. The molecule has 0 spiro atoms. The highest BCUT2D eigenvalue weighted by Gasteiger charge is 2.29. The molecule has 8 nitrogen and oxygen atoms in total. The Morgan fingerprint density at radius 3 is 2.35 bits per heavy atom. The van der Waals surface area contributed by atoms with Gasteiger partial charge < -0.3 is 18.8 Å². The van der Waals surface area contributed by atoms with Crippen molar-refractivity contribution in [2.24, 2.45) is 0 Å². The fourth-order valence-electron chi connectivity index (χ4n) is 2.22. The molecule has 0 unspecified atom stereocenters. The Labute approximate surface area is 153 Å². The third kappa shape index (κ3) is 4.36. The molecule has 9 heteroatoms. The van der Waals surface area contributed by atoms with Crippen LogP contribution in [0.1, 0.15) is 5.76 Å². The van der Waals surface area contributed by atoms with E-state index >= 15 is 0 Å². The Balaban J connectivity index is 2.42. The molecule has 1 amide bonds. The lowest BCUT2D eigenvalue weighted by atomic mass is 10.3. The molecule has 0 aliphatic carbocycles. The predicted octanol–water partition coefficient (Wildman–Crippen LogP) is 1.58. The number of amides is 1. The molecule has 26 heavy (non-hydrogen) atoms. The van der Waals surface area contributed by atoms with E-state index in [0.717, 1.165) is 4.31 Å². The SMILES string of the molecule is COc1ccc(S(=O)(=O)N(CC(=O)N(C)C)Cc2ccco2)cc1OC. The van der Waals surface area contributed by atoms with E-state index in [9.17, 15) is 13.2 Å². The fourth-order valence-corrected chi connectivity index (χ4v) is 3.59. The second-order valence-corrected chi connectivity index (χ2v) is 7.60. The van der Waals surface area contributed by atoms with Crippen molar-refractivity contribution < 1.29 is 27.1 Å². The molecule has 0 aliphatic heterocycles. The quantitative estimate of drug-likeness (QED) is 0.689. The maximum Gasteiger partial charge on any atom is 0.244 e. The van der Waals surface area contributed by atoms with Gasteiger partial charge in [-0.25, -0.2) is 8.42 Å². The minimum absolute atomic E-state index is 0.00624. The Bertz CT molecular complexity index is 846. The number of rotatable bonds is 8. The number of sulfonamides is 1. The molecule has 0 aliphatic rings. The van der Waals surface area contributed by atoms with Gasteiger partial charge in [0, 0.05) is 20.2 Å². The van der Waals surface area contributed by atoms with Crippen LogP contribution in [0.25, 0.3) is 0 Å². The highest BCUT2D eigenvalue weighted by atomic mass is 32.2. The van der Waals surface area contributed by atoms with Crippen molar-refractivity contribution in [3.63, 3.8) is 0 Å². The fraction of sp³-hybridized carbons (Fsp3) is 0.353. The zero-order valence-corrected chi connectivity index (χ0v) is 15.9.